The molecule has 1 fully saturated rings. The molecular formula is C20H26N4O2. The summed E-state index contributed by atoms with van der Waals surface area (Å²) in [6, 6.07) is 10.4. The summed E-state index contributed by atoms with van der Waals surface area (Å²) in [4.78, 5) is 13.9. The maximum atomic E-state index is 11.4. The van der Waals surface area contributed by atoms with E-state index < -0.39 is 5.91 Å². The van der Waals surface area contributed by atoms with E-state index in [1.54, 1.807) is 6.07 Å². The Morgan fingerprint density at radius 3 is 2.69 bits per heavy atom. The number of aryl methyl sites for hydroxylation is 1. The van der Waals surface area contributed by atoms with Gasteiger partial charge in [-0.15, -0.1) is 0 Å². The third kappa shape index (κ3) is 3.27. The highest BCUT2D eigenvalue weighted by molar-refractivity contribution is 5.90. The van der Waals surface area contributed by atoms with Crippen molar-refractivity contribution < 1.29 is 9.53 Å². The van der Waals surface area contributed by atoms with Crippen LogP contribution in [0.25, 0.3) is 0 Å². The van der Waals surface area contributed by atoms with E-state index in [1.807, 2.05) is 4.68 Å². The lowest BCUT2D eigenvalue weighted by molar-refractivity contribution is -0.124. The molecule has 4 rings (SSSR count). The minimum Gasteiger partial charge on any atom is -0.367 e. The molecule has 3 heterocycles. The standard InChI is InChI=1S/C20H26N4O2/c1-2-15-5-3-4-6-16(15)12-23-9-7-20(8-10-23)14-24-17(13-26-20)11-18(22-24)19(21)25/h3-6,11H,2,7-10,12-14H2,1H3,(H2,21,25). The lowest BCUT2D eigenvalue weighted by Crippen LogP contribution is -2.50. The fourth-order valence-corrected chi connectivity index (χ4v) is 4.09. The van der Waals surface area contributed by atoms with Gasteiger partial charge in [0, 0.05) is 19.6 Å². The molecule has 0 atom stereocenters. The summed E-state index contributed by atoms with van der Waals surface area (Å²) >= 11 is 0. The third-order valence-electron chi connectivity index (χ3n) is 5.74. The Bertz CT molecular complexity index is 806. The molecule has 0 bridgehead atoms. The van der Waals surface area contributed by atoms with Crippen LogP contribution in [0.2, 0.25) is 0 Å². The molecule has 0 radical (unpaired) electrons. The van der Waals surface area contributed by atoms with Crippen molar-refractivity contribution in [2.45, 2.75) is 51.5 Å². The number of aromatic nitrogens is 2. The smallest absolute Gasteiger partial charge is 0.269 e. The summed E-state index contributed by atoms with van der Waals surface area (Å²) in [5.41, 5.74) is 9.30. The molecule has 2 aromatic rings. The highest BCUT2D eigenvalue weighted by Crippen LogP contribution is 2.33. The second-order valence-corrected chi connectivity index (χ2v) is 7.41. The van der Waals surface area contributed by atoms with Gasteiger partial charge in [0.15, 0.2) is 0 Å². The number of carbonyl (C=O) groups is 1. The van der Waals surface area contributed by atoms with Crippen LogP contribution < -0.4 is 5.73 Å². The van der Waals surface area contributed by atoms with Gasteiger partial charge in [-0.2, -0.15) is 5.10 Å². The van der Waals surface area contributed by atoms with Crippen LogP contribution in [-0.4, -0.2) is 39.3 Å². The molecule has 26 heavy (non-hydrogen) atoms. The lowest BCUT2D eigenvalue weighted by Gasteiger charge is -2.44. The van der Waals surface area contributed by atoms with Crippen LogP contribution in [0.4, 0.5) is 0 Å². The molecule has 1 saturated heterocycles. The first-order valence-electron chi connectivity index (χ1n) is 9.38. The van der Waals surface area contributed by atoms with Gasteiger partial charge in [-0.05, 0) is 36.5 Å². The van der Waals surface area contributed by atoms with Crippen LogP contribution in [-0.2, 0) is 30.9 Å². The molecule has 0 unspecified atom stereocenters. The second kappa shape index (κ2) is 6.85. The number of piperidine rings is 1. The van der Waals surface area contributed by atoms with Gasteiger partial charge in [-0.1, -0.05) is 31.2 Å². The normalized spacial score (nSPS) is 19.4. The summed E-state index contributed by atoms with van der Waals surface area (Å²) in [5, 5.41) is 4.36. The van der Waals surface area contributed by atoms with Gasteiger partial charge in [0.2, 0.25) is 0 Å². The molecule has 0 aliphatic carbocycles. The third-order valence-corrected chi connectivity index (χ3v) is 5.74. The Morgan fingerprint density at radius 1 is 1.27 bits per heavy atom. The van der Waals surface area contributed by atoms with E-state index in [1.165, 1.54) is 11.1 Å². The molecule has 2 aliphatic heterocycles. The summed E-state index contributed by atoms with van der Waals surface area (Å²) < 4.78 is 8.14. The van der Waals surface area contributed by atoms with Crippen molar-refractivity contribution in [1.29, 1.82) is 0 Å². The Kier molecular flexibility index (Phi) is 4.54. The van der Waals surface area contributed by atoms with Gasteiger partial charge in [0.25, 0.3) is 5.91 Å². The number of nitrogens with zero attached hydrogens (tertiary/aromatic N) is 3. The van der Waals surface area contributed by atoms with Crippen LogP contribution in [0.5, 0.6) is 0 Å². The summed E-state index contributed by atoms with van der Waals surface area (Å²) in [6.45, 7) is 6.43. The topological polar surface area (TPSA) is 73.4 Å². The van der Waals surface area contributed by atoms with Crippen molar-refractivity contribution in [1.82, 2.24) is 14.7 Å². The molecule has 0 saturated carbocycles. The van der Waals surface area contributed by atoms with Crippen LogP contribution in [0.3, 0.4) is 0 Å². The molecule has 2 N–H and O–H groups in total. The summed E-state index contributed by atoms with van der Waals surface area (Å²) in [6.07, 6.45) is 3.03. The Hall–Kier alpha value is -2.18. The first-order valence-corrected chi connectivity index (χ1v) is 9.38. The van der Waals surface area contributed by atoms with E-state index in [0.717, 1.165) is 44.6 Å². The van der Waals surface area contributed by atoms with Crippen molar-refractivity contribution in [2.24, 2.45) is 5.73 Å². The Balaban J connectivity index is 1.41. The van der Waals surface area contributed by atoms with Crippen LogP contribution >= 0.6 is 0 Å². The fourth-order valence-electron chi connectivity index (χ4n) is 4.09. The lowest BCUT2D eigenvalue weighted by atomic mass is 9.89. The average Bonchev–Trinajstić information content (AvgIpc) is 3.07. The molecule has 1 aromatic heterocycles. The molecular weight excluding hydrogens is 328 g/mol. The quantitative estimate of drug-likeness (QED) is 0.913. The van der Waals surface area contributed by atoms with Gasteiger partial charge >= 0.3 is 0 Å². The predicted molar refractivity (Wildman–Crippen MR) is 98.6 cm³/mol. The number of nitrogens with two attached hydrogens (primary N) is 1. The van der Waals surface area contributed by atoms with Crippen LogP contribution in [0.1, 0.15) is 47.1 Å². The maximum Gasteiger partial charge on any atom is 0.269 e. The number of rotatable bonds is 4. The number of hydrogen-bond acceptors (Lipinski definition) is 4. The largest absolute Gasteiger partial charge is 0.367 e. The number of primary amides is 1. The number of benzene rings is 1. The van der Waals surface area contributed by atoms with Crippen LogP contribution in [0.15, 0.2) is 30.3 Å². The van der Waals surface area contributed by atoms with Crippen molar-refractivity contribution in [2.75, 3.05) is 13.1 Å². The molecule has 6 nitrogen and oxygen atoms in total. The fraction of sp³-hybridized carbons (Fsp3) is 0.500. The number of amides is 1. The number of likely N-dealkylation sites (tertiary alicyclic amines) is 1. The van der Waals surface area contributed by atoms with E-state index in [2.05, 4.69) is 41.2 Å². The van der Waals surface area contributed by atoms with E-state index in [0.29, 0.717) is 18.8 Å². The first kappa shape index (κ1) is 17.2. The van der Waals surface area contributed by atoms with Gasteiger partial charge < -0.3 is 10.5 Å². The predicted octanol–water partition coefficient (Wildman–Crippen LogP) is 2.11. The number of ether oxygens (including phenoxy) is 1. The van der Waals surface area contributed by atoms with E-state index in [9.17, 15) is 4.79 Å². The Labute approximate surface area is 153 Å². The van der Waals surface area contributed by atoms with E-state index >= 15 is 0 Å². The van der Waals surface area contributed by atoms with E-state index in [4.69, 9.17) is 10.5 Å². The van der Waals surface area contributed by atoms with Gasteiger partial charge in [0.05, 0.1) is 24.4 Å². The molecule has 138 valence electrons. The van der Waals surface area contributed by atoms with Crippen molar-refractivity contribution in [3.63, 3.8) is 0 Å². The zero-order valence-electron chi connectivity index (χ0n) is 15.3. The van der Waals surface area contributed by atoms with Gasteiger partial charge in [-0.3, -0.25) is 14.4 Å². The Morgan fingerprint density at radius 2 is 2.00 bits per heavy atom. The maximum absolute atomic E-state index is 11.4. The number of carbonyl (C=O) groups excluding carboxylic acids is 1. The second-order valence-electron chi connectivity index (χ2n) is 7.41. The average molecular weight is 354 g/mol. The monoisotopic (exact) mass is 354 g/mol. The number of fused-ring (bicyclic) bond motifs is 1. The zero-order chi connectivity index (χ0) is 18.1. The highest BCUT2D eigenvalue weighted by Gasteiger charge is 2.39. The minimum atomic E-state index is -0.481. The molecule has 1 aromatic carbocycles. The molecule has 1 amide bonds. The first-order chi connectivity index (χ1) is 12.6. The molecule has 2 aliphatic rings. The minimum absolute atomic E-state index is 0.172. The van der Waals surface area contributed by atoms with Crippen LogP contribution in [0, 0.1) is 0 Å². The van der Waals surface area contributed by atoms with Crippen molar-refractivity contribution in [3.05, 3.63) is 52.8 Å². The zero-order valence-corrected chi connectivity index (χ0v) is 15.3. The van der Waals surface area contributed by atoms with Gasteiger partial charge in [0.1, 0.15) is 5.69 Å². The summed E-state index contributed by atoms with van der Waals surface area (Å²) in [5.74, 6) is -0.481. The summed E-state index contributed by atoms with van der Waals surface area (Å²) in [7, 11) is 0. The number of hydrogen-bond donors (Lipinski definition) is 1. The van der Waals surface area contributed by atoms with Gasteiger partial charge in [-0.25, -0.2) is 0 Å². The molecule has 1 spiro atoms. The molecule has 6 heteroatoms. The van der Waals surface area contributed by atoms with Crippen molar-refractivity contribution in [3.8, 4) is 0 Å². The van der Waals surface area contributed by atoms with E-state index in [-0.39, 0.29) is 5.60 Å². The highest BCUT2D eigenvalue weighted by atomic mass is 16.5. The SMILES string of the molecule is CCc1ccccc1CN1CCC2(CC1)Cn1nc(C(N)=O)cc1CO2. The van der Waals surface area contributed by atoms with Crippen molar-refractivity contribution >= 4 is 5.91 Å².